The molecule has 0 aromatic heterocycles. The number of rotatable bonds is 5. The van der Waals surface area contributed by atoms with Crippen molar-refractivity contribution in [2.45, 2.75) is 18.9 Å². The number of carbonyl (C=O) groups excluding carboxylic acids is 1. The first kappa shape index (κ1) is 17.4. The van der Waals surface area contributed by atoms with Gasteiger partial charge in [0.1, 0.15) is 0 Å². The molecule has 1 aromatic rings. The molecule has 1 aliphatic rings. The van der Waals surface area contributed by atoms with E-state index in [0.29, 0.717) is 18.4 Å². The number of amides is 1. The maximum absolute atomic E-state index is 12.3. The van der Waals surface area contributed by atoms with Gasteiger partial charge in [0.15, 0.2) is 6.04 Å². The van der Waals surface area contributed by atoms with Crippen molar-refractivity contribution in [3.05, 3.63) is 35.9 Å². The summed E-state index contributed by atoms with van der Waals surface area (Å²) in [7, 11) is -3.25. The van der Waals surface area contributed by atoms with Gasteiger partial charge in [0.25, 0.3) is 0 Å². The smallest absolute Gasteiger partial charge is 0.330 e. The highest BCUT2D eigenvalue weighted by Gasteiger charge is 2.31. The van der Waals surface area contributed by atoms with E-state index in [1.54, 1.807) is 30.3 Å². The highest BCUT2D eigenvalue weighted by Crippen LogP contribution is 2.21. The summed E-state index contributed by atoms with van der Waals surface area (Å²) in [6, 6.07) is 7.38. The van der Waals surface area contributed by atoms with E-state index >= 15 is 0 Å². The standard InChI is InChI=1S/C15H20N2O5S/c1-23(21,22)17-9-7-12(8-10-17)14(18)16-13(15(19)20)11-5-3-2-4-6-11/h2-6,12-13H,7-10H2,1H3,(H,16,18)(H,19,20). The topological polar surface area (TPSA) is 104 Å². The lowest BCUT2D eigenvalue weighted by Crippen LogP contribution is -2.44. The second-order valence-corrected chi connectivity index (χ2v) is 7.61. The first-order valence-electron chi connectivity index (χ1n) is 7.32. The van der Waals surface area contributed by atoms with E-state index in [1.165, 1.54) is 4.31 Å². The fourth-order valence-electron chi connectivity index (χ4n) is 2.64. The molecule has 1 fully saturated rings. The molecule has 2 rings (SSSR count). The Hall–Kier alpha value is -1.93. The van der Waals surface area contributed by atoms with Crippen LogP contribution in [0.1, 0.15) is 24.4 Å². The number of nitrogens with zero attached hydrogens (tertiary/aromatic N) is 1. The maximum Gasteiger partial charge on any atom is 0.330 e. The predicted molar refractivity (Wildman–Crippen MR) is 84.1 cm³/mol. The van der Waals surface area contributed by atoms with Crippen LogP contribution in [0.5, 0.6) is 0 Å². The predicted octanol–water partition coefficient (Wildman–Crippen LogP) is 0.600. The molecule has 126 valence electrons. The molecule has 0 spiro atoms. The largest absolute Gasteiger partial charge is 0.479 e. The zero-order valence-electron chi connectivity index (χ0n) is 12.8. The van der Waals surface area contributed by atoms with E-state index in [9.17, 15) is 23.1 Å². The molecule has 1 heterocycles. The molecular formula is C15H20N2O5S. The van der Waals surface area contributed by atoms with E-state index in [1.807, 2.05) is 0 Å². The van der Waals surface area contributed by atoms with Gasteiger partial charge in [-0.15, -0.1) is 0 Å². The van der Waals surface area contributed by atoms with Crippen LogP contribution in [0.25, 0.3) is 0 Å². The Labute approximate surface area is 135 Å². The fourth-order valence-corrected chi connectivity index (χ4v) is 3.52. The van der Waals surface area contributed by atoms with Crippen LogP contribution in [0.3, 0.4) is 0 Å². The Balaban J connectivity index is 2.00. The molecule has 0 saturated carbocycles. The Bertz CT molecular complexity index is 666. The van der Waals surface area contributed by atoms with Crippen molar-refractivity contribution in [1.29, 1.82) is 0 Å². The summed E-state index contributed by atoms with van der Waals surface area (Å²) in [5.74, 6) is -1.86. The second kappa shape index (κ2) is 7.10. The average Bonchev–Trinajstić information content (AvgIpc) is 2.52. The van der Waals surface area contributed by atoms with Gasteiger partial charge in [-0.1, -0.05) is 30.3 Å². The van der Waals surface area contributed by atoms with E-state index < -0.39 is 22.0 Å². The number of carbonyl (C=O) groups is 2. The first-order valence-corrected chi connectivity index (χ1v) is 9.17. The number of piperidine rings is 1. The van der Waals surface area contributed by atoms with Crippen LogP contribution in [0.4, 0.5) is 0 Å². The molecule has 7 nitrogen and oxygen atoms in total. The van der Waals surface area contributed by atoms with Crippen LogP contribution in [0.2, 0.25) is 0 Å². The van der Waals surface area contributed by atoms with Gasteiger partial charge >= 0.3 is 5.97 Å². The summed E-state index contributed by atoms with van der Waals surface area (Å²) in [6.45, 7) is 0.556. The van der Waals surface area contributed by atoms with Gasteiger partial charge in [-0.2, -0.15) is 0 Å². The lowest BCUT2D eigenvalue weighted by Gasteiger charge is -2.30. The summed E-state index contributed by atoms with van der Waals surface area (Å²) in [4.78, 5) is 23.7. The number of hydrogen-bond acceptors (Lipinski definition) is 4. The van der Waals surface area contributed by atoms with Gasteiger partial charge in [0.05, 0.1) is 6.26 Å². The molecule has 0 bridgehead atoms. The van der Waals surface area contributed by atoms with Crippen LogP contribution in [0.15, 0.2) is 30.3 Å². The van der Waals surface area contributed by atoms with Gasteiger partial charge in [0.2, 0.25) is 15.9 Å². The van der Waals surface area contributed by atoms with Crippen molar-refractivity contribution in [2.75, 3.05) is 19.3 Å². The normalized spacial score (nSPS) is 18.3. The number of hydrogen-bond donors (Lipinski definition) is 2. The van der Waals surface area contributed by atoms with Gasteiger partial charge in [0, 0.05) is 19.0 Å². The van der Waals surface area contributed by atoms with Crippen molar-refractivity contribution < 1.29 is 23.1 Å². The third-order valence-corrected chi connectivity index (χ3v) is 5.26. The van der Waals surface area contributed by atoms with Gasteiger partial charge in [-0.25, -0.2) is 17.5 Å². The quantitative estimate of drug-likeness (QED) is 0.817. The third kappa shape index (κ3) is 4.52. The van der Waals surface area contributed by atoms with Crippen LogP contribution < -0.4 is 5.32 Å². The highest BCUT2D eigenvalue weighted by atomic mass is 32.2. The van der Waals surface area contributed by atoms with Crippen molar-refractivity contribution in [2.24, 2.45) is 5.92 Å². The molecule has 2 N–H and O–H groups in total. The van der Waals surface area contributed by atoms with Crippen LogP contribution >= 0.6 is 0 Å². The number of benzene rings is 1. The van der Waals surface area contributed by atoms with Crippen LogP contribution in [-0.4, -0.2) is 49.1 Å². The number of nitrogens with one attached hydrogen (secondary N) is 1. The van der Waals surface area contributed by atoms with Crippen molar-refractivity contribution >= 4 is 21.9 Å². The van der Waals surface area contributed by atoms with Crippen molar-refractivity contribution in [3.8, 4) is 0 Å². The van der Waals surface area contributed by atoms with E-state index in [4.69, 9.17) is 0 Å². The second-order valence-electron chi connectivity index (χ2n) is 5.63. The van der Waals surface area contributed by atoms with Crippen molar-refractivity contribution in [1.82, 2.24) is 9.62 Å². The molecule has 1 aliphatic heterocycles. The summed E-state index contributed by atoms with van der Waals surface area (Å²) in [6.07, 6.45) is 1.92. The number of aliphatic carboxylic acids is 1. The minimum absolute atomic E-state index is 0.278. The SMILES string of the molecule is CS(=O)(=O)N1CCC(C(=O)NC(C(=O)O)c2ccccc2)CC1. The summed E-state index contributed by atoms with van der Waals surface area (Å²) < 4.78 is 24.3. The molecule has 1 aromatic carbocycles. The minimum Gasteiger partial charge on any atom is -0.479 e. The summed E-state index contributed by atoms with van der Waals surface area (Å²) >= 11 is 0. The summed E-state index contributed by atoms with van der Waals surface area (Å²) in [5, 5.41) is 11.9. The zero-order chi connectivity index (χ0) is 17.0. The molecule has 1 atom stereocenters. The Morgan fingerprint density at radius 1 is 1.22 bits per heavy atom. The monoisotopic (exact) mass is 340 g/mol. The third-order valence-electron chi connectivity index (χ3n) is 3.96. The molecule has 1 unspecified atom stereocenters. The number of sulfonamides is 1. The number of carboxylic acids is 1. The Morgan fingerprint density at radius 2 is 1.78 bits per heavy atom. The lowest BCUT2D eigenvalue weighted by atomic mass is 9.96. The molecule has 1 saturated heterocycles. The fraction of sp³-hybridized carbons (Fsp3) is 0.467. The Kier molecular flexibility index (Phi) is 5.38. The lowest BCUT2D eigenvalue weighted by molar-refractivity contribution is -0.142. The minimum atomic E-state index is -3.25. The van der Waals surface area contributed by atoms with Gasteiger partial charge < -0.3 is 10.4 Å². The molecule has 0 aliphatic carbocycles. The molecule has 23 heavy (non-hydrogen) atoms. The number of carboxylic acid groups (broad SMARTS) is 1. The molecule has 0 radical (unpaired) electrons. The maximum atomic E-state index is 12.3. The molecular weight excluding hydrogens is 320 g/mol. The Morgan fingerprint density at radius 3 is 2.26 bits per heavy atom. The average molecular weight is 340 g/mol. The van der Waals surface area contributed by atoms with Crippen molar-refractivity contribution in [3.63, 3.8) is 0 Å². The van der Waals surface area contributed by atoms with E-state index in [2.05, 4.69) is 5.32 Å². The van der Waals surface area contributed by atoms with Gasteiger partial charge in [-0.3, -0.25) is 4.79 Å². The van der Waals surface area contributed by atoms with Gasteiger partial charge in [-0.05, 0) is 18.4 Å². The first-order chi connectivity index (χ1) is 10.8. The van der Waals surface area contributed by atoms with Crippen LogP contribution in [-0.2, 0) is 19.6 Å². The zero-order valence-corrected chi connectivity index (χ0v) is 13.6. The molecule has 8 heteroatoms. The van der Waals surface area contributed by atoms with E-state index in [-0.39, 0.29) is 24.9 Å². The molecule has 1 amide bonds. The van der Waals surface area contributed by atoms with E-state index in [0.717, 1.165) is 6.26 Å². The van der Waals surface area contributed by atoms with Crippen LogP contribution in [0, 0.1) is 5.92 Å². The summed E-state index contributed by atoms with van der Waals surface area (Å²) in [5.41, 5.74) is 0.502. The highest BCUT2D eigenvalue weighted by molar-refractivity contribution is 7.88.